The third-order valence-corrected chi connectivity index (χ3v) is 5.72. The molecule has 2 atom stereocenters. The predicted octanol–water partition coefficient (Wildman–Crippen LogP) is 3.43. The van der Waals surface area contributed by atoms with Gasteiger partial charge in [0.1, 0.15) is 16.9 Å². The third kappa shape index (κ3) is 2.08. The highest BCUT2D eigenvalue weighted by Gasteiger charge is 2.33. The molecule has 0 fully saturated rings. The molecular formula is C17H18N2O2S. The van der Waals surface area contributed by atoms with E-state index in [1.807, 2.05) is 12.1 Å². The Morgan fingerprint density at radius 1 is 1.27 bits per heavy atom. The summed E-state index contributed by atoms with van der Waals surface area (Å²) in [6.45, 7) is 2.26. The van der Waals surface area contributed by atoms with Crippen LogP contribution in [-0.4, -0.2) is 11.0 Å². The predicted molar refractivity (Wildman–Crippen MR) is 87.4 cm³/mol. The zero-order chi connectivity index (χ0) is 15.3. The van der Waals surface area contributed by atoms with Gasteiger partial charge in [-0.1, -0.05) is 25.1 Å². The second-order valence-electron chi connectivity index (χ2n) is 6.17. The molecule has 2 heterocycles. The highest BCUT2D eigenvalue weighted by Crippen LogP contribution is 2.43. The number of amides is 1. The van der Waals surface area contributed by atoms with E-state index in [-0.39, 0.29) is 17.8 Å². The summed E-state index contributed by atoms with van der Waals surface area (Å²) in [5.41, 5.74) is 2.73. The largest absolute Gasteiger partial charge is 0.508 e. The van der Waals surface area contributed by atoms with Crippen molar-refractivity contribution in [2.75, 3.05) is 5.32 Å². The number of carbonyl (C=O) groups is 1. The van der Waals surface area contributed by atoms with Crippen molar-refractivity contribution in [3.8, 4) is 5.75 Å². The van der Waals surface area contributed by atoms with E-state index < -0.39 is 0 Å². The van der Waals surface area contributed by atoms with Crippen LogP contribution in [0.4, 0.5) is 5.00 Å². The van der Waals surface area contributed by atoms with Gasteiger partial charge in [-0.2, -0.15) is 0 Å². The highest BCUT2D eigenvalue weighted by atomic mass is 32.1. The number of rotatable bonds is 1. The summed E-state index contributed by atoms with van der Waals surface area (Å²) in [5, 5.41) is 17.3. The Hall–Kier alpha value is -2.01. The number of benzene rings is 1. The first-order chi connectivity index (χ1) is 10.6. The minimum Gasteiger partial charge on any atom is -0.508 e. The lowest BCUT2D eigenvalue weighted by atomic mass is 9.88. The van der Waals surface area contributed by atoms with E-state index in [1.54, 1.807) is 23.5 Å². The lowest BCUT2D eigenvalue weighted by molar-refractivity contribution is 0.0935. The average Bonchev–Trinajstić information content (AvgIpc) is 2.85. The molecule has 114 valence electrons. The second-order valence-corrected chi connectivity index (χ2v) is 7.27. The molecule has 0 radical (unpaired) electrons. The summed E-state index contributed by atoms with van der Waals surface area (Å²) in [6.07, 6.45) is 2.81. The number of aromatic hydroxyl groups is 1. The fourth-order valence-corrected chi connectivity index (χ4v) is 4.79. The van der Waals surface area contributed by atoms with Gasteiger partial charge in [0.15, 0.2) is 0 Å². The Morgan fingerprint density at radius 3 is 2.91 bits per heavy atom. The van der Waals surface area contributed by atoms with Crippen LogP contribution in [0, 0.1) is 5.92 Å². The molecule has 1 aromatic carbocycles. The molecular weight excluding hydrogens is 296 g/mol. The number of phenolic OH excluding ortho intramolecular Hbond substituents is 1. The average molecular weight is 314 g/mol. The van der Waals surface area contributed by atoms with E-state index in [2.05, 4.69) is 17.6 Å². The van der Waals surface area contributed by atoms with Crippen LogP contribution < -0.4 is 10.6 Å². The maximum Gasteiger partial charge on any atom is 0.256 e. The van der Waals surface area contributed by atoms with Gasteiger partial charge in [0.2, 0.25) is 0 Å². The van der Waals surface area contributed by atoms with E-state index in [0.29, 0.717) is 11.5 Å². The van der Waals surface area contributed by atoms with Gasteiger partial charge in [0.05, 0.1) is 5.56 Å². The van der Waals surface area contributed by atoms with E-state index in [9.17, 15) is 9.90 Å². The Kier molecular flexibility index (Phi) is 3.11. The first-order valence-corrected chi connectivity index (χ1v) is 8.45. The SMILES string of the molecule is C[C@@H]1CCc2c(sc3c2C(=O)N[C@@H](c2ccccc2O)N3)C1. The van der Waals surface area contributed by atoms with Gasteiger partial charge in [-0.25, -0.2) is 0 Å². The van der Waals surface area contributed by atoms with Gasteiger partial charge >= 0.3 is 0 Å². The fraction of sp³-hybridized carbons (Fsp3) is 0.353. The summed E-state index contributed by atoms with van der Waals surface area (Å²) in [7, 11) is 0. The molecule has 3 N–H and O–H groups in total. The second kappa shape index (κ2) is 5.02. The number of hydrogen-bond acceptors (Lipinski definition) is 4. The van der Waals surface area contributed by atoms with E-state index in [1.165, 1.54) is 10.4 Å². The summed E-state index contributed by atoms with van der Waals surface area (Å²) < 4.78 is 0. The maximum atomic E-state index is 12.6. The van der Waals surface area contributed by atoms with Crippen LogP contribution in [0.3, 0.4) is 0 Å². The molecule has 0 unspecified atom stereocenters. The summed E-state index contributed by atoms with van der Waals surface area (Å²) in [4.78, 5) is 13.9. The molecule has 4 rings (SSSR count). The summed E-state index contributed by atoms with van der Waals surface area (Å²) in [5.74, 6) is 0.845. The molecule has 4 nitrogen and oxygen atoms in total. The molecule has 0 bridgehead atoms. The third-order valence-electron chi connectivity index (χ3n) is 4.54. The van der Waals surface area contributed by atoms with Gasteiger partial charge in [-0.15, -0.1) is 11.3 Å². The van der Waals surface area contributed by atoms with Crippen molar-refractivity contribution >= 4 is 22.2 Å². The van der Waals surface area contributed by atoms with Crippen molar-refractivity contribution in [1.29, 1.82) is 0 Å². The highest BCUT2D eigenvalue weighted by molar-refractivity contribution is 7.16. The van der Waals surface area contributed by atoms with Gasteiger partial charge in [0, 0.05) is 10.4 Å². The van der Waals surface area contributed by atoms with Crippen LogP contribution in [0.1, 0.15) is 45.9 Å². The lowest BCUT2D eigenvalue weighted by Crippen LogP contribution is -2.38. The van der Waals surface area contributed by atoms with Crippen molar-refractivity contribution in [2.24, 2.45) is 5.92 Å². The van der Waals surface area contributed by atoms with Crippen LogP contribution >= 0.6 is 11.3 Å². The molecule has 1 aromatic heterocycles. The quantitative estimate of drug-likeness (QED) is 0.756. The van der Waals surface area contributed by atoms with Crippen LogP contribution in [-0.2, 0) is 12.8 Å². The minimum atomic E-state index is -0.376. The van der Waals surface area contributed by atoms with Crippen LogP contribution in [0.25, 0.3) is 0 Å². The number of thiophene rings is 1. The molecule has 5 heteroatoms. The number of hydrogen-bond donors (Lipinski definition) is 3. The number of phenols is 1. The van der Waals surface area contributed by atoms with Gasteiger partial charge < -0.3 is 15.7 Å². The summed E-state index contributed by atoms with van der Waals surface area (Å²) >= 11 is 1.70. The van der Waals surface area contributed by atoms with Crippen molar-refractivity contribution in [2.45, 2.75) is 32.4 Å². The van der Waals surface area contributed by atoms with Crippen molar-refractivity contribution < 1.29 is 9.90 Å². The number of para-hydroxylation sites is 1. The first-order valence-electron chi connectivity index (χ1n) is 7.63. The van der Waals surface area contributed by atoms with Crippen LogP contribution in [0.2, 0.25) is 0 Å². The van der Waals surface area contributed by atoms with Crippen LogP contribution in [0.5, 0.6) is 5.75 Å². The number of anilines is 1. The lowest BCUT2D eigenvalue weighted by Gasteiger charge is -2.27. The first kappa shape index (κ1) is 13.6. The Morgan fingerprint density at radius 2 is 2.09 bits per heavy atom. The molecule has 1 aliphatic carbocycles. The molecule has 1 aliphatic heterocycles. The minimum absolute atomic E-state index is 0.0333. The van der Waals surface area contributed by atoms with Crippen LogP contribution in [0.15, 0.2) is 24.3 Å². The molecule has 2 aromatic rings. The van der Waals surface area contributed by atoms with Gasteiger partial charge in [-0.05, 0) is 36.8 Å². The smallest absolute Gasteiger partial charge is 0.256 e. The zero-order valence-electron chi connectivity index (χ0n) is 12.3. The van der Waals surface area contributed by atoms with Gasteiger partial charge in [0.25, 0.3) is 5.91 Å². The fourth-order valence-electron chi connectivity index (χ4n) is 3.35. The molecule has 0 spiro atoms. The molecule has 0 saturated carbocycles. The normalized spacial score (nSPS) is 23.2. The zero-order valence-corrected chi connectivity index (χ0v) is 13.2. The van der Waals surface area contributed by atoms with Crippen molar-refractivity contribution in [1.82, 2.24) is 5.32 Å². The summed E-state index contributed by atoms with van der Waals surface area (Å²) in [6, 6.07) is 7.10. The molecule has 2 aliphatic rings. The monoisotopic (exact) mass is 314 g/mol. The Labute approximate surface area is 133 Å². The molecule has 0 saturated heterocycles. The van der Waals surface area contributed by atoms with Gasteiger partial charge in [-0.3, -0.25) is 4.79 Å². The molecule has 1 amide bonds. The van der Waals surface area contributed by atoms with E-state index >= 15 is 0 Å². The van der Waals surface area contributed by atoms with Crippen molar-refractivity contribution in [3.63, 3.8) is 0 Å². The Bertz CT molecular complexity index is 753. The van der Waals surface area contributed by atoms with E-state index in [0.717, 1.165) is 29.8 Å². The maximum absolute atomic E-state index is 12.6. The molecule has 22 heavy (non-hydrogen) atoms. The topological polar surface area (TPSA) is 61.4 Å². The standard InChI is InChI=1S/C17H18N2O2S/c1-9-6-7-11-13(8-9)22-17-14(11)16(21)18-15(19-17)10-4-2-3-5-12(10)20/h2-5,9,15,19-20H,6-8H2,1H3,(H,18,21)/t9-,15-/m1/s1. The van der Waals surface area contributed by atoms with Crippen molar-refractivity contribution in [3.05, 3.63) is 45.8 Å². The number of fused-ring (bicyclic) bond motifs is 3. The van der Waals surface area contributed by atoms with E-state index in [4.69, 9.17) is 0 Å². The number of carbonyl (C=O) groups excluding carboxylic acids is 1. The number of nitrogens with one attached hydrogen (secondary N) is 2. The Balaban J connectivity index is 1.73.